The first-order chi connectivity index (χ1) is 11.6. The molecule has 0 amide bonds. The van der Waals surface area contributed by atoms with Crippen LogP contribution in [-0.2, 0) is 12.2 Å². The van der Waals surface area contributed by atoms with Crippen molar-refractivity contribution >= 4 is 29.1 Å². The van der Waals surface area contributed by atoms with Gasteiger partial charge in [0.05, 0.1) is 0 Å². The number of aromatic nitrogens is 3. The molecule has 0 spiro atoms. The Morgan fingerprint density at radius 2 is 1.96 bits per heavy atom. The average Bonchev–Trinajstić information content (AvgIpc) is 3.05. The van der Waals surface area contributed by atoms with Gasteiger partial charge in [-0.1, -0.05) is 42.1 Å². The van der Waals surface area contributed by atoms with Crippen LogP contribution in [0.1, 0.15) is 25.8 Å². The fourth-order valence-corrected chi connectivity index (χ4v) is 3.72. The van der Waals surface area contributed by atoms with Crippen LogP contribution < -0.4 is 5.56 Å². The number of hydrogen-bond acceptors (Lipinski definition) is 6. The molecule has 8 heteroatoms. The zero-order chi connectivity index (χ0) is 16.9. The van der Waals surface area contributed by atoms with Crippen LogP contribution in [-0.4, -0.2) is 26.3 Å². The Balaban J connectivity index is 1.66. The molecule has 0 aliphatic rings. The molecule has 3 rings (SSSR count). The van der Waals surface area contributed by atoms with Crippen LogP contribution >= 0.6 is 23.1 Å². The maximum Gasteiger partial charge on any atom is 0.345 e. The highest BCUT2D eigenvalue weighted by Crippen LogP contribution is 2.24. The summed E-state index contributed by atoms with van der Waals surface area (Å²) < 4.78 is 0. The highest BCUT2D eigenvalue weighted by atomic mass is 32.2. The molecule has 0 bridgehead atoms. The molecule has 0 aliphatic carbocycles. The predicted molar refractivity (Wildman–Crippen MR) is 92.7 cm³/mol. The third kappa shape index (κ3) is 4.09. The minimum absolute atomic E-state index is 0.256. The molecule has 2 N–H and O–H groups in total. The Labute approximate surface area is 145 Å². The van der Waals surface area contributed by atoms with Crippen LogP contribution in [0.15, 0.2) is 52.4 Å². The molecular formula is C16H13N3O3S2. The molecule has 2 aromatic heterocycles. The van der Waals surface area contributed by atoms with Gasteiger partial charge in [-0.25, -0.2) is 4.79 Å². The number of hydrogen-bond donors (Lipinski definition) is 2. The van der Waals surface area contributed by atoms with E-state index >= 15 is 0 Å². The fraction of sp³-hybridized carbons (Fsp3) is 0.125. The lowest BCUT2D eigenvalue weighted by Gasteiger charge is -2.01. The van der Waals surface area contributed by atoms with Gasteiger partial charge in [0.1, 0.15) is 10.6 Å². The van der Waals surface area contributed by atoms with E-state index in [1.807, 2.05) is 30.3 Å². The summed E-state index contributed by atoms with van der Waals surface area (Å²) in [6, 6.07) is 12.9. The van der Waals surface area contributed by atoms with Crippen molar-refractivity contribution in [3.05, 3.63) is 73.8 Å². The van der Waals surface area contributed by atoms with Crippen LogP contribution in [0.25, 0.3) is 0 Å². The van der Waals surface area contributed by atoms with Gasteiger partial charge in [0.25, 0.3) is 5.56 Å². The number of aromatic carboxylic acids is 1. The summed E-state index contributed by atoms with van der Waals surface area (Å²) in [6.07, 6.45) is 0.432. The first-order valence-electron chi connectivity index (χ1n) is 7.06. The third-order valence-electron chi connectivity index (χ3n) is 3.18. The quantitative estimate of drug-likeness (QED) is 0.657. The van der Waals surface area contributed by atoms with E-state index in [-0.39, 0.29) is 5.56 Å². The van der Waals surface area contributed by atoms with E-state index in [2.05, 4.69) is 15.2 Å². The van der Waals surface area contributed by atoms with E-state index in [4.69, 9.17) is 5.11 Å². The minimum atomic E-state index is -0.935. The number of thioether (sulfide) groups is 1. The normalized spacial score (nSPS) is 10.7. The van der Waals surface area contributed by atoms with Gasteiger partial charge in [-0.15, -0.1) is 21.5 Å². The molecule has 122 valence electrons. The number of carboxylic acid groups (broad SMARTS) is 1. The largest absolute Gasteiger partial charge is 0.477 e. The van der Waals surface area contributed by atoms with Gasteiger partial charge in [0, 0.05) is 17.1 Å². The first-order valence-corrected chi connectivity index (χ1v) is 8.86. The van der Waals surface area contributed by atoms with Gasteiger partial charge >= 0.3 is 5.97 Å². The minimum Gasteiger partial charge on any atom is -0.477 e. The number of carbonyl (C=O) groups is 1. The van der Waals surface area contributed by atoms with Crippen molar-refractivity contribution in [2.24, 2.45) is 0 Å². The van der Waals surface area contributed by atoms with Crippen molar-refractivity contribution in [2.75, 3.05) is 0 Å². The number of nitrogens with one attached hydrogen (secondary N) is 1. The lowest BCUT2D eigenvalue weighted by atomic mass is 10.1. The number of benzene rings is 1. The Morgan fingerprint density at radius 1 is 1.17 bits per heavy atom. The topological polar surface area (TPSA) is 95.9 Å². The number of carboxylic acids is 1. The molecule has 3 aromatic rings. The van der Waals surface area contributed by atoms with Crippen LogP contribution in [0.4, 0.5) is 0 Å². The van der Waals surface area contributed by atoms with Gasteiger partial charge in [-0.3, -0.25) is 9.78 Å². The van der Waals surface area contributed by atoms with E-state index in [0.29, 0.717) is 27.9 Å². The Morgan fingerprint density at radius 3 is 2.62 bits per heavy atom. The van der Waals surface area contributed by atoms with E-state index in [1.165, 1.54) is 23.1 Å². The molecule has 6 nitrogen and oxygen atoms in total. The predicted octanol–water partition coefficient (Wildman–Crippen LogP) is 2.81. The molecule has 24 heavy (non-hydrogen) atoms. The van der Waals surface area contributed by atoms with Crippen molar-refractivity contribution in [1.82, 2.24) is 15.2 Å². The molecule has 0 fully saturated rings. The van der Waals surface area contributed by atoms with Crippen LogP contribution in [0, 0.1) is 0 Å². The van der Waals surface area contributed by atoms with Crippen molar-refractivity contribution in [1.29, 1.82) is 0 Å². The van der Waals surface area contributed by atoms with Crippen LogP contribution in [0.2, 0.25) is 0 Å². The van der Waals surface area contributed by atoms with E-state index < -0.39 is 5.97 Å². The number of rotatable bonds is 6. The molecule has 0 unspecified atom stereocenters. The SMILES string of the molecule is O=C(O)c1ccc(CSc2nnc(Cc3ccccc3)c(=O)[nH]2)s1. The summed E-state index contributed by atoms with van der Waals surface area (Å²) in [6.45, 7) is 0. The lowest BCUT2D eigenvalue weighted by Crippen LogP contribution is -2.17. The summed E-state index contributed by atoms with van der Waals surface area (Å²) in [7, 11) is 0. The highest BCUT2D eigenvalue weighted by molar-refractivity contribution is 7.98. The molecule has 0 aliphatic heterocycles. The monoisotopic (exact) mass is 359 g/mol. The number of H-pyrrole nitrogens is 1. The second-order valence-electron chi connectivity index (χ2n) is 4.93. The fourth-order valence-electron chi connectivity index (χ4n) is 2.03. The van der Waals surface area contributed by atoms with E-state index in [0.717, 1.165) is 10.4 Å². The van der Waals surface area contributed by atoms with Crippen molar-refractivity contribution in [3.8, 4) is 0 Å². The van der Waals surface area contributed by atoms with Gasteiger partial charge < -0.3 is 5.11 Å². The summed E-state index contributed by atoms with van der Waals surface area (Å²) in [5, 5.41) is 17.4. The maximum absolute atomic E-state index is 12.1. The average molecular weight is 359 g/mol. The molecule has 0 radical (unpaired) electrons. The summed E-state index contributed by atoms with van der Waals surface area (Å²) in [4.78, 5) is 26.9. The van der Waals surface area contributed by atoms with Gasteiger partial charge in [-0.05, 0) is 17.7 Å². The van der Waals surface area contributed by atoms with Gasteiger partial charge in [0.2, 0.25) is 0 Å². The first kappa shape index (κ1) is 16.4. The number of thiophene rings is 1. The Hall–Kier alpha value is -2.45. The van der Waals surface area contributed by atoms with Gasteiger partial charge in [-0.2, -0.15) is 0 Å². The standard InChI is InChI=1S/C16H13N3O3S2/c20-14-12(8-10-4-2-1-3-5-10)18-19-16(17-14)23-9-11-6-7-13(24-11)15(21)22/h1-7H,8-9H2,(H,21,22)(H,17,19,20). The van der Waals surface area contributed by atoms with E-state index in [9.17, 15) is 9.59 Å². The van der Waals surface area contributed by atoms with Crippen molar-refractivity contribution < 1.29 is 9.90 Å². The van der Waals surface area contributed by atoms with Crippen LogP contribution in [0.5, 0.6) is 0 Å². The lowest BCUT2D eigenvalue weighted by molar-refractivity contribution is 0.0702. The Kier molecular flexibility index (Phi) is 5.07. The molecular weight excluding hydrogens is 346 g/mol. The third-order valence-corrected chi connectivity index (χ3v) is 5.35. The highest BCUT2D eigenvalue weighted by Gasteiger charge is 2.09. The number of aromatic amines is 1. The van der Waals surface area contributed by atoms with E-state index in [1.54, 1.807) is 12.1 Å². The zero-order valence-corrected chi connectivity index (χ0v) is 14.1. The smallest absolute Gasteiger partial charge is 0.345 e. The molecule has 0 saturated carbocycles. The van der Waals surface area contributed by atoms with Crippen molar-refractivity contribution in [3.63, 3.8) is 0 Å². The molecule has 0 atom stereocenters. The zero-order valence-electron chi connectivity index (χ0n) is 12.4. The second kappa shape index (κ2) is 7.41. The molecule has 2 heterocycles. The van der Waals surface area contributed by atoms with Crippen LogP contribution in [0.3, 0.4) is 0 Å². The number of nitrogens with zero attached hydrogens (tertiary/aromatic N) is 2. The van der Waals surface area contributed by atoms with Crippen molar-refractivity contribution in [2.45, 2.75) is 17.3 Å². The van der Waals surface area contributed by atoms with Gasteiger partial charge in [0.15, 0.2) is 5.16 Å². The summed E-state index contributed by atoms with van der Waals surface area (Å²) in [5.41, 5.74) is 1.11. The summed E-state index contributed by atoms with van der Waals surface area (Å²) >= 11 is 2.52. The maximum atomic E-state index is 12.1. The molecule has 1 aromatic carbocycles. The Bertz CT molecular complexity index is 906. The second-order valence-corrected chi connectivity index (χ2v) is 7.06. The summed E-state index contributed by atoms with van der Waals surface area (Å²) in [5.74, 6) is -0.407. The molecule has 0 saturated heterocycles.